The Morgan fingerprint density at radius 1 is 0.477 bits per heavy atom. The van der Waals surface area contributed by atoms with Crippen LogP contribution in [0.2, 0.25) is 0 Å². The summed E-state index contributed by atoms with van der Waals surface area (Å²) in [6.07, 6.45) is 11.5. The number of piperidine rings is 3. The summed E-state index contributed by atoms with van der Waals surface area (Å²) in [5.74, 6) is -0.435. The highest BCUT2D eigenvalue weighted by Crippen LogP contribution is 2.35. The van der Waals surface area contributed by atoms with Gasteiger partial charge in [-0.15, -0.1) is 20.4 Å². The first kappa shape index (κ1) is 57.7. The van der Waals surface area contributed by atoms with Crippen molar-refractivity contribution in [3.05, 3.63) is 160 Å². The zero-order valence-corrected chi connectivity index (χ0v) is 49.4. The van der Waals surface area contributed by atoms with Gasteiger partial charge < -0.3 is 15.5 Å². The number of nitrogens with one attached hydrogen (secondary N) is 2. The molecule has 0 amide bonds. The monoisotopic (exact) mass is 1190 g/mol. The smallest absolute Gasteiger partial charge is 0.190 e. The number of aryl methyl sites for hydroxylation is 4. The molecule has 12 heterocycles. The van der Waals surface area contributed by atoms with E-state index < -0.39 is 5.82 Å². The van der Waals surface area contributed by atoms with Crippen molar-refractivity contribution < 1.29 is 17.6 Å². The highest BCUT2D eigenvalue weighted by molar-refractivity contribution is 5.86. The summed E-state index contributed by atoms with van der Waals surface area (Å²) in [7, 11) is 0. The van der Waals surface area contributed by atoms with Gasteiger partial charge in [-0.3, -0.25) is 0 Å². The maximum atomic E-state index is 15.1. The first-order chi connectivity index (χ1) is 42.7. The molecule has 446 valence electrons. The van der Waals surface area contributed by atoms with Gasteiger partial charge in [0.15, 0.2) is 22.8 Å². The first-order valence-corrected chi connectivity index (χ1v) is 29.9. The molecule has 0 saturated carbocycles. The molecule has 0 spiro atoms. The highest BCUT2D eigenvalue weighted by Gasteiger charge is 2.24. The number of likely N-dealkylation sites (tertiary alicyclic amines) is 1. The number of halogens is 4. The molecule has 19 nitrogen and oxygen atoms in total. The van der Waals surface area contributed by atoms with E-state index in [0.717, 1.165) is 129 Å². The van der Waals surface area contributed by atoms with Crippen LogP contribution in [-0.2, 0) is 6.42 Å². The molecule has 0 atom stereocenters. The van der Waals surface area contributed by atoms with Gasteiger partial charge in [-0.05, 0) is 207 Å². The molecule has 3 aromatic carbocycles. The van der Waals surface area contributed by atoms with Crippen molar-refractivity contribution in [1.82, 2.24) is 89.9 Å². The lowest BCUT2D eigenvalue weighted by molar-refractivity contribution is 0.222. The molecule has 12 aromatic rings. The van der Waals surface area contributed by atoms with Gasteiger partial charge in [0, 0.05) is 39.3 Å². The maximum Gasteiger partial charge on any atom is 0.190 e. The van der Waals surface area contributed by atoms with Gasteiger partial charge in [0.2, 0.25) is 0 Å². The molecular weight excluding hydrogens is 1120 g/mol. The number of imidazole rings is 3. The Morgan fingerprint density at radius 2 is 0.966 bits per heavy atom. The summed E-state index contributed by atoms with van der Waals surface area (Å²) in [6, 6.07) is 22.7. The second kappa shape index (κ2) is 24.4. The fraction of sp³-hybridized carbons (Fsp3) is 0.338. The predicted octanol–water partition coefficient (Wildman–Crippen LogP) is 11.0. The van der Waals surface area contributed by atoms with E-state index in [-0.39, 0.29) is 35.2 Å². The van der Waals surface area contributed by atoms with Crippen LogP contribution in [0.25, 0.3) is 83.7 Å². The molecule has 9 aromatic heterocycles. The summed E-state index contributed by atoms with van der Waals surface area (Å²) in [6.45, 7) is 16.6. The molecule has 3 aliphatic heterocycles. The molecule has 3 saturated heterocycles. The average Bonchev–Trinajstić information content (AvgIpc) is 3.56. The number of benzene rings is 3. The van der Waals surface area contributed by atoms with E-state index in [1.807, 2.05) is 51.2 Å². The van der Waals surface area contributed by atoms with E-state index in [1.54, 1.807) is 64.7 Å². The lowest BCUT2D eigenvalue weighted by Gasteiger charge is -2.31. The quantitative estimate of drug-likeness (QED) is 0.135. The minimum Gasteiger partial charge on any atom is -0.317 e. The van der Waals surface area contributed by atoms with Crippen molar-refractivity contribution in [2.45, 2.75) is 97.3 Å². The normalized spacial score (nSPS) is 15.5. The molecule has 15 rings (SSSR count). The van der Waals surface area contributed by atoms with E-state index in [2.05, 4.69) is 89.4 Å². The molecular formula is C65H63F4N19. The van der Waals surface area contributed by atoms with Crippen molar-refractivity contribution in [1.29, 1.82) is 5.26 Å². The Balaban J connectivity index is 0.000000122. The van der Waals surface area contributed by atoms with E-state index >= 15 is 4.39 Å². The van der Waals surface area contributed by atoms with Gasteiger partial charge >= 0.3 is 0 Å². The fourth-order valence-corrected chi connectivity index (χ4v) is 12.3. The molecule has 3 fully saturated rings. The Kier molecular flexibility index (Phi) is 16.0. The summed E-state index contributed by atoms with van der Waals surface area (Å²) in [4.78, 5) is 15.4. The van der Waals surface area contributed by atoms with Gasteiger partial charge in [0.25, 0.3) is 0 Å². The van der Waals surface area contributed by atoms with Gasteiger partial charge in [-0.1, -0.05) is 6.92 Å². The van der Waals surface area contributed by atoms with Crippen LogP contribution in [0.4, 0.5) is 17.6 Å². The van der Waals surface area contributed by atoms with E-state index in [4.69, 9.17) is 0 Å². The third kappa shape index (κ3) is 11.8. The standard InChI is InChI=1S/C22H22F2N6.C22H20FN7.C21H21FN6/c1-3-29-6-4-14(5-7-29)15-8-17(23)16-10-20(27-26-19(16)9-15)21-11-18(24)22-25-13(2)12-30(22)28-21;1-13-12-30-22(26-13)15(2-5-24)9-20(29-30)16-8-18(23)17-11-19(27-28-21(17)10-16)14-3-6-25-7-4-14;1-12-7-20(27-28-11-13(2)24-21(12)28)19-10-16-17(22)8-15(9-18(16)25-26-19)14-3-5-23-6-4-14/h8-12,14H,3-7H2,1-2H3;8-12,14,25H,2-4,6-7H2,1H3;7-11,14,23H,3-6H2,1-2H3. The molecule has 88 heavy (non-hydrogen) atoms. The number of nitriles is 1. The number of nitrogens with zero attached hydrogens (tertiary/aromatic N) is 17. The fourth-order valence-electron chi connectivity index (χ4n) is 12.3. The van der Waals surface area contributed by atoms with Crippen LogP contribution < -0.4 is 10.6 Å². The lowest BCUT2D eigenvalue weighted by Crippen LogP contribution is -2.32. The molecule has 0 radical (unpaired) electrons. The Bertz CT molecular complexity index is 4670. The van der Waals surface area contributed by atoms with Crippen LogP contribution in [0, 0.1) is 62.3 Å². The molecule has 23 heteroatoms. The van der Waals surface area contributed by atoms with Gasteiger partial charge in [0.1, 0.15) is 40.2 Å². The summed E-state index contributed by atoms with van der Waals surface area (Å²) < 4.78 is 64.1. The average molecular weight is 1190 g/mol. The predicted molar refractivity (Wildman–Crippen MR) is 326 cm³/mol. The van der Waals surface area contributed by atoms with Crippen molar-refractivity contribution >= 4 is 49.7 Å². The minimum absolute atomic E-state index is 0.148. The molecule has 3 aliphatic rings. The maximum absolute atomic E-state index is 15.1. The van der Waals surface area contributed by atoms with Gasteiger partial charge in [-0.25, -0.2) is 46.1 Å². The lowest BCUT2D eigenvalue weighted by atomic mass is 9.88. The van der Waals surface area contributed by atoms with E-state index in [0.29, 0.717) is 90.1 Å². The third-order valence-corrected chi connectivity index (χ3v) is 17.0. The van der Waals surface area contributed by atoms with Crippen LogP contribution in [0.5, 0.6) is 0 Å². The van der Waals surface area contributed by atoms with Gasteiger partial charge in [-0.2, -0.15) is 30.8 Å². The Hall–Kier alpha value is -9.37. The van der Waals surface area contributed by atoms with E-state index in [9.17, 15) is 18.4 Å². The number of aromatic nitrogens is 15. The number of fused-ring (bicyclic) bond motifs is 6. The van der Waals surface area contributed by atoms with Crippen LogP contribution in [0.15, 0.2) is 91.4 Å². The summed E-state index contributed by atoms with van der Waals surface area (Å²) in [5, 5.41) is 56.4. The second-order valence-electron chi connectivity index (χ2n) is 23.2. The Morgan fingerprint density at radius 3 is 1.57 bits per heavy atom. The SMILES string of the molecule is CCN1CCC(c2cc(F)c3cc(-c4cc(F)c5nc(C)cn5n4)nnc3c2)CC1.Cc1cn2nc(-c3cc(F)c4cc(C5CCNCC5)nnc4c3)cc(CC#N)c2n1.Cc1cn2nc(-c3cc4c(F)cc(C5CCNCC5)cc4nn3)cc(C)c2n1. The highest BCUT2D eigenvalue weighted by atomic mass is 19.1. The van der Waals surface area contributed by atoms with Crippen LogP contribution in [0.3, 0.4) is 0 Å². The third-order valence-electron chi connectivity index (χ3n) is 17.0. The van der Waals surface area contributed by atoms with Crippen LogP contribution in [-0.4, -0.2) is 125 Å². The zero-order valence-electron chi connectivity index (χ0n) is 49.4. The van der Waals surface area contributed by atoms with E-state index in [1.165, 1.54) is 16.6 Å². The topological polar surface area (TPSA) is 219 Å². The number of rotatable bonds is 8. The molecule has 0 unspecified atom stereocenters. The zero-order chi connectivity index (χ0) is 60.7. The largest absolute Gasteiger partial charge is 0.317 e. The Labute approximate surface area is 503 Å². The molecule has 0 bridgehead atoms. The van der Waals surface area contributed by atoms with Crippen LogP contribution >= 0.6 is 0 Å². The summed E-state index contributed by atoms with van der Waals surface area (Å²) >= 11 is 0. The van der Waals surface area contributed by atoms with Crippen molar-refractivity contribution in [2.24, 2.45) is 0 Å². The van der Waals surface area contributed by atoms with Crippen molar-refractivity contribution in [3.8, 4) is 40.1 Å². The van der Waals surface area contributed by atoms with Gasteiger partial charge in [0.05, 0.1) is 76.1 Å². The molecule has 2 N–H and O–H groups in total. The minimum atomic E-state index is -0.510. The number of hydrogen-bond acceptors (Lipinski definition) is 16. The van der Waals surface area contributed by atoms with Crippen molar-refractivity contribution in [2.75, 3.05) is 45.8 Å². The number of hydrogen-bond donors (Lipinski definition) is 2. The summed E-state index contributed by atoms with van der Waals surface area (Å²) in [5.41, 5.74) is 13.1. The second-order valence-corrected chi connectivity index (χ2v) is 23.2. The first-order valence-electron chi connectivity index (χ1n) is 29.9. The van der Waals surface area contributed by atoms with Crippen LogP contribution in [0.1, 0.15) is 108 Å². The molecule has 0 aliphatic carbocycles. The van der Waals surface area contributed by atoms with Crippen molar-refractivity contribution in [3.63, 3.8) is 0 Å².